The van der Waals surface area contributed by atoms with Gasteiger partial charge >= 0.3 is 0 Å². The molecule has 0 unspecified atom stereocenters. The highest BCUT2D eigenvalue weighted by atomic mass is 16.5. The first-order valence-electron chi connectivity index (χ1n) is 9.81. The Morgan fingerprint density at radius 3 is 2.72 bits per heavy atom. The van der Waals surface area contributed by atoms with Gasteiger partial charge in [-0.25, -0.2) is 4.98 Å². The van der Waals surface area contributed by atoms with E-state index in [1.54, 1.807) is 30.3 Å². The molecule has 0 aromatic carbocycles. The van der Waals surface area contributed by atoms with E-state index in [1.165, 1.54) is 6.39 Å². The second-order valence-electron chi connectivity index (χ2n) is 8.10. The number of aliphatic hydroxyl groups is 1. The van der Waals surface area contributed by atoms with Crippen molar-refractivity contribution in [3.8, 4) is 0 Å². The summed E-state index contributed by atoms with van der Waals surface area (Å²) in [5, 5.41) is 14.2. The van der Waals surface area contributed by atoms with Crippen LogP contribution in [0.2, 0.25) is 0 Å². The fraction of sp³-hybridized carbons (Fsp3) is 0.550. The minimum atomic E-state index is -0.893. The standard InChI is InChI=1S/C20H26N4O5/c1-13-15(28-12-22-13)17(26)24-8-4-20(5-9-24)18(27)19(2,6-10-29-20)23-16(25)14-3-7-21-11-14/h3,7,11-12,18,21,27H,4-6,8-10H2,1-2H3,(H,23,25)/t18-,19+/m1/s1. The normalized spacial score (nSPS) is 26.4. The van der Waals surface area contributed by atoms with E-state index >= 15 is 0 Å². The van der Waals surface area contributed by atoms with Crippen LogP contribution in [0.4, 0.5) is 0 Å². The van der Waals surface area contributed by atoms with E-state index in [1.807, 2.05) is 6.92 Å². The molecule has 2 aliphatic rings. The summed E-state index contributed by atoms with van der Waals surface area (Å²) in [6.07, 6.45) is 5.13. The first kappa shape index (κ1) is 19.7. The smallest absolute Gasteiger partial charge is 0.291 e. The Morgan fingerprint density at radius 1 is 1.34 bits per heavy atom. The van der Waals surface area contributed by atoms with Crippen LogP contribution in [0.3, 0.4) is 0 Å². The molecule has 4 heterocycles. The van der Waals surface area contributed by atoms with Gasteiger partial charge in [0.2, 0.25) is 5.76 Å². The number of oxazole rings is 1. The van der Waals surface area contributed by atoms with Crippen molar-refractivity contribution in [2.45, 2.75) is 50.4 Å². The van der Waals surface area contributed by atoms with E-state index in [2.05, 4.69) is 15.3 Å². The van der Waals surface area contributed by atoms with Crippen molar-refractivity contribution in [3.63, 3.8) is 0 Å². The Morgan fingerprint density at radius 2 is 2.10 bits per heavy atom. The lowest BCUT2D eigenvalue weighted by atomic mass is 9.73. The second-order valence-corrected chi connectivity index (χ2v) is 8.10. The number of hydrogen-bond donors (Lipinski definition) is 3. The Kier molecular flexibility index (Phi) is 4.95. The van der Waals surface area contributed by atoms with Gasteiger partial charge in [-0.3, -0.25) is 9.59 Å². The van der Waals surface area contributed by atoms with Crippen LogP contribution in [0.25, 0.3) is 0 Å². The number of likely N-dealkylation sites (tertiary alicyclic amines) is 1. The zero-order valence-corrected chi connectivity index (χ0v) is 16.6. The average Bonchev–Trinajstić information content (AvgIpc) is 3.38. The molecule has 1 spiro atoms. The molecule has 2 aromatic heterocycles. The summed E-state index contributed by atoms with van der Waals surface area (Å²) in [6, 6.07) is 1.69. The fourth-order valence-electron chi connectivity index (χ4n) is 4.35. The SMILES string of the molecule is Cc1ncoc1C(=O)N1CCC2(CC1)OCC[C@](C)(NC(=O)c1cc[nH]c1)[C@H]2O. The Bertz CT molecular complexity index is 885. The Labute approximate surface area is 168 Å². The molecule has 29 heavy (non-hydrogen) atoms. The third-order valence-corrected chi connectivity index (χ3v) is 6.21. The zero-order chi connectivity index (χ0) is 20.6. The third-order valence-electron chi connectivity index (χ3n) is 6.21. The van der Waals surface area contributed by atoms with Gasteiger partial charge < -0.3 is 29.5 Å². The number of ether oxygens (including phenoxy) is 1. The van der Waals surface area contributed by atoms with Crippen LogP contribution in [0.1, 0.15) is 52.8 Å². The maximum absolute atomic E-state index is 12.7. The molecule has 3 N–H and O–H groups in total. The number of amides is 2. The van der Waals surface area contributed by atoms with Gasteiger partial charge in [-0.2, -0.15) is 0 Å². The van der Waals surface area contributed by atoms with Gasteiger partial charge in [-0.05, 0) is 39.2 Å². The minimum Gasteiger partial charge on any atom is -0.438 e. The summed E-state index contributed by atoms with van der Waals surface area (Å²) in [4.78, 5) is 33.7. The molecular formula is C20H26N4O5. The molecule has 9 heteroatoms. The Hall–Kier alpha value is -2.65. The van der Waals surface area contributed by atoms with Crippen LogP contribution in [0.5, 0.6) is 0 Å². The van der Waals surface area contributed by atoms with Crippen LogP contribution < -0.4 is 5.32 Å². The van der Waals surface area contributed by atoms with Crippen LogP contribution in [0, 0.1) is 6.92 Å². The van der Waals surface area contributed by atoms with Crippen LogP contribution >= 0.6 is 0 Å². The zero-order valence-electron chi connectivity index (χ0n) is 16.6. The van der Waals surface area contributed by atoms with Crippen molar-refractivity contribution < 1.29 is 23.8 Å². The molecule has 156 valence electrons. The minimum absolute atomic E-state index is 0.205. The number of carbonyl (C=O) groups excluding carboxylic acids is 2. The first-order chi connectivity index (χ1) is 13.8. The van der Waals surface area contributed by atoms with Gasteiger partial charge in [0.15, 0.2) is 6.39 Å². The van der Waals surface area contributed by atoms with E-state index in [0.717, 1.165) is 0 Å². The molecule has 2 aromatic rings. The predicted octanol–water partition coefficient (Wildman–Crippen LogP) is 1.26. The predicted molar refractivity (Wildman–Crippen MR) is 102 cm³/mol. The number of aromatic amines is 1. The largest absolute Gasteiger partial charge is 0.438 e. The molecule has 2 aliphatic heterocycles. The van der Waals surface area contributed by atoms with Crippen LogP contribution in [-0.4, -0.2) is 68.7 Å². The number of rotatable bonds is 3. The van der Waals surface area contributed by atoms with Crippen molar-refractivity contribution in [2.24, 2.45) is 0 Å². The highest BCUT2D eigenvalue weighted by Gasteiger charge is 2.54. The fourth-order valence-corrected chi connectivity index (χ4v) is 4.35. The van der Waals surface area contributed by atoms with Crippen LogP contribution in [0.15, 0.2) is 29.3 Å². The lowest BCUT2D eigenvalue weighted by Gasteiger charge is -2.53. The number of carbonyl (C=O) groups is 2. The van der Waals surface area contributed by atoms with Crippen molar-refractivity contribution >= 4 is 11.8 Å². The molecule has 2 fully saturated rings. The summed E-state index contributed by atoms with van der Waals surface area (Å²) >= 11 is 0. The maximum atomic E-state index is 12.7. The van der Waals surface area contributed by atoms with Crippen molar-refractivity contribution in [1.82, 2.24) is 20.2 Å². The number of H-pyrrole nitrogens is 1. The number of nitrogens with one attached hydrogen (secondary N) is 2. The van der Waals surface area contributed by atoms with Crippen molar-refractivity contribution in [3.05, 3.63) is 41.9 Å². The van der Waals surface area contributed by atoms with E-state index < -0.39 is 17.2 Å². The summed E-state index contributed by atoms with van der Waals surface area (Å²) in [5.41, 5.74) is -0.544. The first-order valence-corrected chi connectivity index (χ1v) is 9.81. The maximum Gasteiger partial charge on any atom is 0.291 e. The highest BCUT2D eigenvalue weighted by Crippen LogP contribution is 2.40. The molecule has 9 nitrogen and oxygen atoms in total. The molecule has 2 saturated heterocycles. The summed E-state index contributed by atoms with van der Waals surface area (Å²) < 4.78 is 11.3. The van der Waals surface area contributed by atoms with Gasteiger partial charge in [0.05, 0.1) is 22.4 Å². The number of aryl methyl sites for hydroxylation is 1. The molecular weight excluding hydrogens is 376 g/mol. The molecule has 0 aliphatic carbocycles. The highest BCUT2D eigenvalue weighted by molar-refractivity contribution is 5.94. The lowest BCUT2D eigenvalue weighted by Crippen LogP contribution is -2.69. The number of piperidine rings is 1. The molecule has 0 bridgehead atoms. The average molecular weight is 402 g/mol. The third kappa shape index (κ3) is 3.44. The molecule has 2 amide bonds. The van der Waals surface area contributed by atoms with Gasteiger partial charge in [0.1, 0.15) is 6.10 Å². The van der Waals surface area contributed by atoms with E-state index in [4.69, 9.17) is 9.15 Å². The van der Waals surface area contributed by atoms with Gasteiger partial charge in [-0.15, -0.1) is 0 Å². The topological polar surface area (TPSA) is 121 Å². The number of aliphatic hydroxyl groups excluding tert-OH is 1. The second kappa shape index (κ2) is 7.31. The monoisotopic (exact) mass is 402 g/mol. The number of nitrogens with zero attached hydrogens (tertiary/aromatic N) is 2. The summed E-state index contributed by atoms with van der Waals surface area (Å²) in [6.45, 7) is 4.86. The van der Waals surface area contributed by atoms with E-state index in [0.29, 0.717) is 50.2 Å². The Balaban J connectivity index is 1.45. The number of aromatic nitrogens is 2. The molecule has 4 rings (SSSR count). The number of hydrogen-bond acceptors (Lipinski definition) is 6. The summed E-state index contributed by atoms with van der Waals surface area (Å²) in [5.74, 6) is -0.198. The lowest BCUT2D eigenvalue weighted by molar-refractivity contribution is -0.203. The molecule has 0 radical (unpaired) electrons. The molecule has 2 atom stereocenters. The van der Waals surface area contributed by atoms with E-state index in [-0.39, 0.29) is 17.6 Å². The van der Waals surface area contributed by atoms with Gasteiger partial charge in [-0.1, -0.05) is 0 Å². The quantitative estimate of drug-likeness (QED) is 0.711. The molecule has 0 saturated carbocycles. The van der Waals surface area contributed by atoms with Gasteiger partial charge in [0, 0.05) is 32.1 Å². The van der Waals surface area contributed by atoms with E-state index in [9.17, 15) is 14.7 Å². The summed E-state index contributed by atoms with van der Waals surface area (Å²) in [7, 11) is 0. The van der Waals surface area contributed by atoms with Crippen molar-refractivity contribution in [1.29, 1.82) is 0 Å². The van der Waals surface area contributed by atoms with Crippen molar-refractivity contribution in [2.75, 3.05) is 19.7 Å². The van der Waals surface area contributed by atoms with Gasteiger partial charge in [0.25, 0.3) is 11.8 Å². The van der Waals surface area contributed by atoms with Crippen LogP contribution in [-0.2, 0) is 4.74 Å².